The molecule has 0 bridgehead atoms. The lowest BCUT2D eigenvalue weighted by Gasteiger charge is -2.14. The van der Waals surface area contributed by atoms with Gasteiger partial charge in [0.15, 0.2) is 0 Å². The minimum Gasteiger partial charge on any atom is -0.652 e. The van der Waals surface area contributed by atoms with Gasteiger partial charge < -0.3 is 19.5 Å². The van der Waals surface area contributed by atoms with Gasteiger partial charge in [0, 0.05) is 0 Å². The standard InChI is InChI=1S/C4H12N.CH2O3/c1-5(2,3)4;2-1(3)4/h1-4H3;(H2,2,3,4)/q+1;/p-2. The summed E-state index contributed by atoms with van der Waals surface area (Å²) in [6, 6.07) is 0. The van der Waals surface area contributed by atoms with Crippen molar-refractivity contribution in [2.75, 3.05) is 28.2 Å². The molecule has 0 amide bonds. The first-order chi connectivity index (χ1) is 3.73. The third-order valence-corrected chi connectivity index (χ3v) is 0. The van der Waals surface area contributed by atoms with Crippen molar-refractivity contribution in [2.24, 2.45) is 0 Å². The number of carbonyl (C=O) groups is 1. The molecule has 0 rings (SSSR count). The average molecular weight is 134 g/mol. The predicted octanol–water partition coefficient (Wildman–Crippen LogP) is -2.12. The first kappa shape index (κ1) is 11.1. The van der Waals surface area contributed by atoms with Crippen LogP contribution in [-0.4, -0.2) is 38.8 Å². The zero-order valence-corrected chi connectivity index (χ0v) is 6.17. The van der Waals surface area contributed by atoms with E-state index in [4.69, 9.17) is 15.0 Å². The van der Waals surface area contributed by atoms with Gasteiger partial charge >= 0.3 is 0 Å². The molecule has 0 radical (unpaired) electrons. The van der Waals surface area contributed by atoms with Crippen LogP contribution in [0.4, 0.5) is 4.79 Å². The van der Waals surface area contributed by atoms with Gasteiger partial charge in [-0.05, 0) is 6.16 Å². The summed E-state index contributed by atoms with van der Waals surface area (Å²) in [5, 5.41) is 16.7. The molecular formula is C5H12NO3-. The van der Waals surface area contributed by atoms with Crippen molar-refractivity contribution in [1.82, 2.24) is 0 Å². The van der Waals surface area contributed by atoms with E-state index in [1.54, 1.807) is 0 Å². The first-order valence-electron chi connectivity index (χ1n) is 2.40. The highest BCUT2D eigenvalue weighted by Gasteiger charge is 1.88. The highest BCUT2D eigenvalue weighted by atomic mass is 16.6. The van der Waals surface area contributed by atoms with Gasteiger partial charge in [0.05, 0.1) is 28.2 Å². The normalized spacial score (nSPS) is 9.33. The van der Waals surface area contributed by atoms with Crippen LogP contribution in [0.5, 0.6) is 0 Å². The molecule has 9 heavy (non-hydrogen) atoms. The van der Waals surface area contributed by atoms with Gasteiger partial charge in [-0.2, -0.15) is 0 Å². The summed E-state index contributed by atoms with van der Waals surface area (Å²) in [5.41, 5.74) is 0. The van der Waals surface area contributed by atoms with Crippen LogP contribution < -0.4 is 10.2 Å². The second-order valence-corrected chi connectivity index (χ2v) is 2.93. The Kier molecular flexibility index (Phi) is 5.10. The quantitative estimate of drug-likeness (QED) is 0.356. The van der Waals surface area contributed by atoms with Gasteiger partial charge in [0.1, 0.15) is 0 Å². The fraction of sp³-hybridized carbons (Fsp3) is 0.800. The average Bonchev–Trinajstić information content (AvgIpc) is 1.19. The van der Waals surface area contributed by atoms with Crippen molar-refractivity contribution in [1.29, 1.82) is 0 Å². The fourth-order valence-electron chi connectivity index (χ4n) is 0. The van der Waals surface area contributed by atoms with Gasteiger partial charge in [-0.15, -0.1) is 0 Å². The maximum atomic E-state index is 8.33. The smallest absolute Gasteiger partial charge is 0.0675 e. The Labute approximate surface area is 54.9 Å². The Bertz CT molecular complexity index is 74.7. The molecule has 0 saturated heterocycles. The molecule has 0 aliphatic rings. The molecular weight excluding hydrogens is 122 g/mol. The summed E-state index contributed by atoms with van der Waals surface area (Å²) in [5.74, 6) is 0. The molecule has 4 nitrogen and oxygen atoms in total. The maximum absolute atomic E-state index is 8.33. The maximum Gasteiger partial charge on any atom is 0.0675 e. The number of hydrogen-bond donors (Lipinski definition) is 0. The lowest BCUT2D eigenvalue weighted by molar-refractivity contribution is -0.849. The molecule has 0 aromatic heterocycles. The van der Waals surface area contributed by atoms with Crippen LogP contribution in [0, 0.1) is 0 Å². The third-order valence-electron chi connectivity index (χ3n) is 0. The number of quaternary nitrogens is 1. The van der Waals surface area contributed by atoms with Gasteiger partial charge in [-0.3, -0.25) is 0 Å². The number of carbonyl (C=O) groups excluding carboxylic acids is 1. The Morgan fingerprint density at radius 2 is 1.11 bits per heavy atom. The topological polar surface area (TPSA) is 63.2 Å². The molecule has 0 heterocycles. The van der Waals surface area contributed by atoms with Crippen LogP contribution in [-0.2, 0) is 0 Å². The molecule has 0 aromatic carbocycles. The van der Waals surface area contributed by atoms with E-state index >= 15 is 0 Å². The Morgan fingerprint density at radius 3 is 1.11 bits per heavy atom. The summed E-state index contributed by atoms with van der Waals surface area (Å²) in [6.07, 6.45) is -2.33. The van der Waals surface area contributed by atoms with Gasteiger partial charge in [-0.25, -0.2) is 0 Å². The summed E-state index contributed by atoms with van der Waals surface area (Å²) >= 11 is 0. The molecule has 0 N–H and O–H groups in total. The summed E-state index contributed by atoms with van der Waals surface area (Å²) in [6.45, 7) is 0. The monoisotopic (exact) mass is 134 g/mol. The Morgan fingerprint density at radius 1 is 1.11 bits per heavy atom. The lowest BCUT2D eigenvalue weighted by atomic mass is 10.8. The van der Waals surface area contributed by atoms with Crippen molar-refractivity contribution in [2.45, 2.75) is 0 Å². The van der Waals surface area contributed by atoms with Crippen LogP contribution in [0.25, 0.3) is 0 Å². The molecule has 0 atom stereocenters. The molecule has 0 aromatic rings. The first-order valence-corrected chi connectivity index (χ1v) is 2.40. The zero-order valence-electron chi connectivity index (χ0n) is 6.17. The van der Waals surface area contributed by atoms with Crippen LogP contribution >= 0.6 is 0 Å². The Balaban J connectivity index is 0. The van der Waals surface area contributed by atoms with E-state index in [1.165, 1.54) is 0 Å². The van der Waals surface area contributed by atoms with Crippen LogP contribution in [0.3, 0.4) is 0 Å². The van der Waals surface area contributed by atoms with Gasteiger partial charge in [0.2, 0.25) is 0 Å². The van der Waals surface area contributed by atoms with Crippen LogP contribution in [0.1, 0.15) is 0 Å². The molecule has 0 fully saturated rings. The number of carboxylic acid groups (broad SMARTS) is 2. The highest BCUT2D eigenvalue weighted by molar-refractivity contribution is 5.47. The number of nitrogens with zero attached hydrogens (tertiary/aromatic N) is 1. The SMILES string of the molecule is C[N+](C)(C)C.O=C([O-])[O-]. The van der Waals surface area contributed by atoms with Crippen molar-refractivity contribution in [3.63, 3.8) is 0 Å². The molecule has 56 valence electrons. The van der Waals surface area contributed by atoms with Crippen molar-refractivity contribution >= 4 is 6.16 Å². The second-order valence-electron chi connectivity index (χ2n) is 2.93. The third kappa shape index (κ3) is 334. The molecule has 0 aliphatic carbocycles. The van der Waals surface area contributed by atoms with E-state index in [0.29, 0.717) is 0 Å². The number of hydrogen-bond acceptors (Lipinski definition) is 3. The molecule has 0 saturated carbocycles. The minimum atomic E-state index is -2.33. The minimum absolute atomic E-state index is 1.00. The Hall–Kier alpha value is -0.770. The van der Waals surface area contributed by atoms with E-state index in [9.17, 15) is 0 Å². The fourth-order valence-corrected chi connectivity index (χ4v) is 0. The van der Waals surface area contributed by atoms with E-state index in [2.05, 4.69) is 28.2 Å². The molecule has 0 aliphatic heterocycles. The lowest BCUT2D eigenvalue weighted by Crippen LogP contribution is -2.37. The van der Waals surface area contributed by atoms with Gasteiger partial charge in [-0.1, -0.05) is 0 Å². The van der Waals surface area contributed by atoms with E-state index in [1.807, 2.05) is 0 Å². The van der Waals surface area contributed by atoms with E-state index in [0.717, 1.165) is 4.48 Å². The summed E-state index contributed by atoms with van der Waals surface area (Å²) < 4.78 is 1.00. The molecule has 0 unspecified atom stereocenters. The van der Waals surface area contributed by atoms with E-state index in [-0.39, 0.29) is 0 Å². The molecule has 0 spiro atoms. The van der Waals surface area contributed by atoms with Crippen molar-refractivity contribution in [3.05, 3.63) is 0 Å². The second kappa shape index (κ2) is 4.14. The van der Waals surface area contributed by atoms with Crippen LogP contribution in [0.2, 0.25) is 0 Å². The van der Waals surface area contributed by atoms with Gasteiger partial charge in [0.25, 0.3) is 0 Å². The predicted molar refractivity (Wildman–Crippen MR) is 29.4 cm³/mol. The van der Waals surface area contributed by atoms with Crippen molar-refractivity contribution in [3.8, 4) is 0 Å². The van der Waals surface area contributed by atoms with E-state index < -0.39 is 6.16 Å². The highest BCUT2D eigenvalue weighted by Crippen LogP contribution is 1.73. The summed E-state index contributed by atoms with van der Waals surface area (Å²) in [7, 11) is 8.50. The summed E-state index contributed by atoms with van der Waals surface area (Å²) in [4.78, 5) is 8.33. The molecule has 4 heteroatoms. The van der Waals surface area contributed by atoms with Crippen LogP contribution in [0.15, 0.2) is 0 Å². The zero-order chi connectivity index (χ0) is 8.08. The van der Waals surface area contributed by atoms with Crippen molar-refractivity contribution < 1.29 is 19.5 Å². The number of rotatable bonds is 0. The largest absolute Gasteiger partial charge is 0.652 e.